The van der Waals surface area contributed by atoms with E-state index in [9.17, 15) is 4.79 Å². The largest absolute Gasteiger partial charge is 0.490 e. The van der Waals surface area contributed by atoms with Gasteiger partial charge in [-0.25, -0.2) is 9.38 Å². The summed E-state index contributed by atoms with van der Waals surface area (Å²) in [6.07, 6.45) is 1.87. The van der Waals surface area contributed by atoms with Crippen LogP contribution in [0.15, 0.2) is 71.5 Å². The Hall–Kier alpha value is -3.84. The van der Waals surface area contributed by atoms with E-state index in [1.165, 1.54) is 11.3 Å². The number of thiazole rings is 1. The lowest BCUT2D eigenvalue weighted by molar-refractivity contribution is 0.207. The highest BCUT2D eigenvalue weighted by molar-refractivity contribution is 7.15. The first kappa shape index (κ1) is 22.0. The number of aryl methyl sites for hydroxylation is 1. The first-order valence-corrected chi connectivity index (χ1v) is 12.0. The maximum Gasteiger partial charge on any atom is 0.274 e. The molecule has 0 aliphatic rings. The summed E-state index contributed by atoms with van der Waals surface area (Å²) < 4.78 is 19.8. The molecule has 0 fully saturated rings. The van der Waals surface area contributed by atoms with Gasteiger partial charge in [0.15, 0.2) is 16.5 Å². The smallest absolute Gasteiger partial charge is 0.274 e. The topological polar surface area (TPSA) is 62.1 Å². The summed E-state index contributed by atoms with van der Waals surface area (Å²) in [5, 5.41) is 0. The van der Waals surface area contributed by atoms with E-state index in [1.807, 2.05) is 86.7 Å². The number of rotatable bonds is 8. The maximum absolute atomic E-state index is 13.0. The molecule has 2 aromatic heterocycles. The van der Waals surface area contributed by atoms with Crippen molar-refractivity contribution >= 4 is 33.4 Å². The van der Waals surface area contributed by atoms with Gasteiger partial charge in [-0.05, 0) is 61.4 Å². The van der Waals surface area contributed by atoms with Crippen LogP contribution in [0.4, 0.5) is 0 Å². The molecule has 6 nitrogen and oxygen atoms in total. The van der Waals surface area contributed by atoms with Crippen LogP contribution in [0, 0.1) is 6.92 Å². The molecule has 2 heterocycles. The third-order valence-corrected chi connectivity index (χ3v) is 6.37. The Kier molecular flexibility index (Phi) is 6.18. The zero-order valence-electron chi connectivity index (χ0n) is 19.0. The number of hydrogen-bond acceptors (Lipinski definition) is 6. The second kappa shape index (κ2) is 9.57. The van der Waals surface area contributed by atoms with Gasteiger partial charge in [0, 0.05) is 0 Å². The van der Waals surface area contributed by atoms with Crippen LogP contribution in [0.5, 0.6) is 17.2 Å². The van der Waals surface area contributed by atoms with Crippen LogP contribution in [-0.2, 0) is 0 Å². The predicted octanol–water partition coefficient (Wildman–Crippen LogP) is 4.62. The average molecular weight is 473 g/mol. The Morgan fingerprint density at radius 3 is 2.50 bits per heavy atom. The molecule has 172 valence electrons. The molecule has 0 bridgehead atoms. The second-order valence-corrected chi connectivity index (χ2v) is 8.75. The molecule has 0 spiro atoms. The van der Waals surface area contributed by atoms with Gasteiger partial charge in [0.2, 0.25) is 0 Å². The van der Waals surface area contributed by atoms with Crippen LogP contribution in [0.25, 0.3) is 22.1 Å². The third kappa shape index (κ3) is 4.34. The molecule has 7 heteroatoms. The maximum atomic E-state index is 13.0. The average Bonchev–Trinajstić information content (AvgIpc) is 3.35. The summed E-state index contributed by atoms with van der Waals surface area (Å²) in [5.41, 5.74) is 3.52. The predicted molar refractivity (Wildman–Crippen MR) is 135 cm³/mol. The fourth-order valence-corrected chi connectivity index (χ4v) is 4.77. The molecule has 0 radical (unpaired) electrons. The molecule has 0 aliphatic heterocycles. The van der Waals surface area contributed by atoms with Crippen molar-refractivity contribution in [1.29, 1.82) is 0 Å². The van der Waals surface area contributed by atoms with Crippen LogP contribution < -0.4 is 24.3 Å². The van der Waals surface area contributed by atoms with Gasteiger partial charge >= 0.3 is 0 Å². The molecule has 0 atom stereocenters. The molecule has 3 aromatic carbocycles. The van der Waals surface area contributed by atoms with Crippen LogP contribution >= 0.6 is 11.3 Å². The summed E-state index contributed by atoms with van der Waals surface area (Å²) >= 11 is 1.38. The van der Waals surface area contributed by atoms with Crippen molar-refractivity contribution in [1.82, 2.24) is 9.38 Å². The van der Waals surface area contributed by atoms with E-state index in [0.717, 1.165) is 27.9 Å². The quantitative estimate of drug-likeness (QED) is 0.308. The minimum absolute atomic E-state index is 0.0691. The van der Waals surface area contributed by atoms with Gasteiger partial charge in [-0.15, -0.1) is 0 Å². The summed E-state index contributed by atoms with van der Waals surface area (Å²) in [7, 11) is 0. The number of benzene rings is 3. The van der Waals surface area contributed by atoms with Crippen molar-refractivity contribution in [2.45, 2.75) is 13.8 Å². The highest BCUT2D eigenvalue weighted by Crippen LogP contribution is 2.29. The first-order valence-electron chi connectivity index (χ1n) is 11.1. The number of ether oxygens (including phenoxy) is 3. The fraction of sp³-hybridized carbons (Fsp3) is 0.185. The molecule has 34 heavy (non-hydrogen) atoms. The number of aromatic nitrogens is 2. The van der Waals surface area contributed by atoms with Crippen LogP contribution in [0.3, 0.4) is 0 Å². The summed E-state index contributed by atoms with van der Waals surface area (Å²) in [6.45, 7) is 5.26. The Morgan fingerprint density at radius 2 is 1.68 bits per heavy atom. The van der Waals surface area contributed by atoms with Gasteiger partial charge in [0.1, 0.15) is 19.0 Å². The molecule has 0 amide bonds. The van der Waals surface area contributed by atoms with Gasteiger partial charge in [-0.3, -0.25) is 4.79 Å². The molecule has 5 aromatic rings. The molecular formula is C27H24N2O4S. The van der Waals surface area contributed by atoms with Crippen LogP contribution in [0.2, 0.25) is 0 Å². The van der Waals surface area contributed by atoms with E-state index in [2.05, 4.69) is 4.98 Å². The van der Waals surface area contributed by atoms with E-state index < -0.39 is 0 Å². The zero-order chi connectivity index (χ0) is 23.5. The number of hydrogen-bond donors (Lipinski definition) is 0. The fourth-order valence-electron chi connectivity index (χ4n) is 3.79. The minimum Gasteiger partial charge on any atom is -0.490 e. The van der Waals surface area contributed by atoms with Crippen LogP contribution in [0.1, 0.15) is 18.1 Å². The molecule has 0 unspecified atom stereocenters. The van der Waals surface area contributed by atoms with Gasteiger partial charge < -0.3 is 14.2 Å². The summed E-state index contributed by atoms with van der Waals surface area (Å²) in [6, 6.07) is 21.2. The molecule has 5 rings (SSSR count). The van der Waals surface area contributed by atoms with Crippen molar-refractivity contribution in [2.75, 3.05) is 19.8 Å². The highest BCUT2D eigenvalue weighted by Gasteiger charge is 2.11. The van der Waals surface area contributed by atoms with E-state index in [1.54, 1.807) is 4.40 Å². The third-order valence-electron chi connectivity index (χ3n) is 5.40. The number of nitrogens with zero attached hydrogens (tertiary/aromatic N) is 2. The van der Waals surface area contributed by atoms with Crippen molar-refractivity contribution in [3.8, 4) is 17.2 Å². The first-order chi connectivity index (χ1) is 16.6. The Labute approximate surface area is 200 Å². The van der Waals surface area contributed by atoms with E-state index in [-0.39, 0.29) is 5.56 Å². The van der Waals surface area contributed by atoms with Gasteiger partial charge in [-0.1, -0.05) is 47.7 Å². The second-order valence-electron chi connectivity index (χ2n) is 7.74. The minimum atomic E-state index is -0.0691. The molecule has 0 N–H and O–H groups in total. The number of para-hydroxylation sites is 3. The van der Waals surface area contributed by atoms with Gasteiger partial charge in [-0.2, -0.15) is 0 Å². The van der Waals surface area contributed by atoms with Crippen molar-refractivity contribution < 1.29 is 14.2 Å². The lowest BCUT2D eigenvalue weighted by atomic mass is 10.2. The van der Waals surface area contributed by atoms with E-state index in [4.69, 9.17) is 14.2 Å². The number of fused-ring (bicyclic) bond motifs is 3. The molecular weight excluding hydrogens is 448 g/mol. The number of imidazole rings is 1. The monoisotopic (exact) mass is 472 g/mol. The Morgan fingerprint density at radius 1 is 0.912 bits per heavy atom. The SMILES string of the molecule is CCOc1cc(C=c2sc3nc4ccccc4n3c2=O)ccc1OCCOc1ccccc1C. The lowest BCUT2D eigenvalue weighted by Crippen LogP contribution is -2.22. The molecule has 0 saturated heterocycles. The summed E-state index contributed by atoms with van der Waals surface area (Å²) in [4.78, 5) is 18.3. The standard InChI is InChI=1S/C27H24N2O4S/c1-3-31-24-16-19(12-13-23(24)33-15-14-32-22-11-7-4-8-18(22)2)17-25-26(30)29-21-10-6-5-9-20(21)28-27(29)34-25/h4-13,16-17H,3,14-15H2,1-2H3. The summed E-state index contributed by atoms with van der Waals surface area (Å²) in [5.74, 6) is 2.12. The van der Waals surface area contributed by atoms with Crippen molar-refractivity contribution in [2.24, 2.45) is 0 Å². The highest BCUT2D eigenvalue weighted by atomic mass is 32.1. The Balaban J connectivity index is 1.36. The van der Waals surface area contributed by atoms with Crippen LogP contribution in [-0.4, -0.2) is 29.2 Å². The van der Waals surface area contributed by atoms with Gasteiger partial charge in [0.25, 0.3) is 5.56 Å². The normalized spacial score (nSPS) is 11.9. The van der Waals surface area contributed by atoms with E-state index >= 15 is 0 Å². The van der Waals surface area contributed by atoms with Crippen molar-refractivity contribution in [3.05, 3.63) is 92.7 Å². The van der Waals surface area contributed by atoms with Gasteiger partial charge in [0.05, 0.1) is 22.2 Å². The van der Waals surface area contributed by atoms with Crippen molar-refractivity contribution in [3.63, 3.8) is 0 Å². The Bertz CT molecular complexity index is 1570. The molecule has 0 saturated carbocycles. The molecule has 0 aliphatic carbocycles. The lowest BCUT2D eigenvalue weighted by Gasteiger charge is -2.13. The zero-order valence-corrected chi connectivity index (χ0v) is 19.8. The van der Waals surface area contributed by atoms with E-state index in [0.29, 0.717) is 40.8 Å².